The Morgan fingerprint density at radius 2 is 2.11 bits per heavy atom. The molecule has 1 aromatic rings. The topological polar surface area (TPSA) is 78.4 Å². The molecule has 0 spiro atoms. The predicted octanol–water partition coefficient (Wildman–Crippen LogP) is 0.580. The average Bonchev–Trinajstić information content (AvgIpc) is 2.39. The second-order valence-electron chi connectivity index (χ2n) is 4.84. The fourth-order valence-corrected chi connectivity index (χ4v) is 1.73. The summed E-state index contributed by atoms with van der Waals surface area (Å²) in [6, 6.07) is 1.73. The van der Waals surface area contributed by atoms with Crippen molar-refractivity contribution in [2.24, 2.45) is 0 Å². The van der Waals surface area contributed by atoms with E-state index in [1.807, 2.05) is 13.8 Å². The standard InChI is InChI=1S/C13H22N4O2/c1-4-13(2,6-9-18)16-11(19)10-17(3)12-14-7-5-8-15-12/h5,7-8,18H,4,6,9-10H2,1-3H3,(H,16,19). The number of amides is 1. The first-order valence-corrected chi connectivity index (χ1v) is 6.41. The summed E-state index contributed by atoms with van der Waals surface area (Å²) >= 11 is 0. The lowest BCUT2D eigenvalue weighted by molar-refractivity contribution is -0.121. The highest BCUT2D eigenvalue weighted by molar-refractivity contribution is 5.81. The van der Waals surface area contributed by atoms with Crippen LogP contribution >= 0.6 is 0 Å². The van der Waals surface area contributed by atoms with Crippen LogP contribution in [0, 0.1) is 0 Å². The highest BCUT2D eigenvalue weighted by Crippen LogP contribution is 2.13. The van der Waals surface area contributed by atoms with Gasteiger partial charge in [-0.25, -0.2) is 9.97 Å². The van der Waals surface area contributed by atoms with E-state index in [0.29, 0.717) is 12.4 Å². The number of aromatic nitrogens is 2. The third-order valence-corrected chi connectivity index (χ3v) is 3.16. The van der Waals surface area contributed by atoms with Gasteiger partial charge in [-0.15, -0.1) is 0 Å². The van der Waals surface area contributed by atoms with Crippen LogP contribution in [0.3, 0.4) is 0 Å². The van der Waals surface area contributed by atoms with Crippen molar-refractivity contribution >= 4 is 11.9 Å². The molecule has 6 nitrogen and oxygen atoms in total. The second kappa shape index (κ2) is 7.04. The lowest BCUT2D eigenvalue weighted by Crippen LogP contribution is -2.49. The molecule has 0 saturated carbocycles. The molecule has 1 heterocycles. The van der Waals surface area contributed by atoms with E-state index in [9.17, 15) is 4.79 Å². The summed E-state index contributed by atoms with van der Waals surface area (Å²) in [5, 5.41) is 12.0. The van der Waals surface area contributed by atoms with Gasteiger partial charge in [-0.2, -0.15) is 0 Å². The van der Waals surface area contributed by atoms with Crippen LogP contribution in [-0.2, 0) is 4.79 Å². The number of rotatable bonds is 7. The fraction of sp³-hybridized carbons (Fsp3) is 0.615. The molecule has 1 aromatic heterocycles. The predicted molar refractivity (Wildman–Crippen MR) is 73.8 cm³/mol. The van der Waals surface area contributed by atoms with Gasteiger partial charge in [0.25, 0.3) is 0 Å². The van der Waals surface area contributed by atoms with Crippen LogP contribution in [0.5, 0.6) is 0 Å². The number of aliphatic hydroxyl groups is 1. The van der Waals surface area contributed by atoms with Gasteiger partial charge in [0.05, 0.1) is 6.54 Å². The van der Waals surface area contributed by atoms with Crippen molar-refractivity contribution in [3.8, 4) is 0 Å². The van der Waals surface area contributed by atoms with Crippen molar-refractivity contribution in [1.82, 2.24) is 15.3 Å². The zero-order valence-electron chi connectivity index (χ0n) is 11.8. The second-order valence-corrected chi connectivity index (χ2v) is 4.84. The molecule has 19 heavy (non-hydrogen) atoms. The summed E-state index contributed by atoms with van der Waals surface area (Å²) in [5.74, 6) is 0.408. The molecule has 1 atom stereocenters. The van der Waals surface area contributed by atoms with Gasteiger partial charge >= 0.3 is 0 Å². The molecule has 0 aliphatic carbocycles. The fourth-order valence-electron chi connectivity index (χ4n) is 1.73. The van der Waals surface area contributed by atoms with E-state index in [-0.39, 0.29) is 24.6 Å². The molecular weight excluding hydrogens is 244 g/mol. The Kier molecular flexibility index (Phi) is 5.69. The summed E-state index contributed by atoms with van der Waals surface area (Å²) < 4.78 is 0. The number of carbonyl (C=O) groups excluding carboxylic acids is 1. The van der Waals surface area contributed by atoms with E-state index in [1.165, 1.54) is 0 Å². The molecule has 6 heteroatoms. The van der Waals surface area contributed by atoms with E-state index in [1.54, 1.807) is 30.4 Å². The number of anilines is 1. The van der Waals surface area contributed by atoms with Crippen LogP contribution in [0.1, 0.15) is 26.7 Å². The van der Waals surface area contributed by atoms with Gasteiger partial charge in [-0.3, -0.25) is 4.79 Å². The number of likely N-dealkylation sites (N-methyl/N-ethyl adjacent to an activating group) is 1. The molecule has 1 amide bonds. The maximum atomic E-state index is 12.0. The maximum Gasteiger partial charge on any atom is 0.240 e. The Bertz CT molecular complexity index is 399. The summed E-state index contributed by atoms with van der Waals surface area (Å²) in [4.78, 5) is 21.8. The van der Waals surface area contributed by atoms with Gasteiger partial charge in [0.15, 0.2) is 0 Å². The molecule has 106 valence electrons. The van der Waals surface area contributed by atoms with Crippen molar-refractivity contribution in [3.05, 3.63) is 18.5 Å². The first-order chi connectivity index (χ1) is 9.00. The van der Waals surface area contributed by atoms with E-state index in [0.717, 1.165) is 6.42 Å². The molecule has 0 fully saturated rings. The number of carbonyl (C=O) groups is 1. The Hall–Kier alpha value is -1.69. The Balaban J connectivity index is 2.55. The minimum Gasteiger partial charge on any atom is -0.396 e. The molecule has 1 unspecified atom stereocenters. The Morgan fingerprint density at radius 3 is 2.63 bits per heavy atom. The third kappa shape index (κ3) is 4.82. The van der Waals surface area contributed by atoms with Crippen molar-refractivity contribution < 1.29 is 9.90 Å². The molecule has 0 bridgehead atoms. The largest absolute Gasteiger partial charge is 0.396 e. The maximum absolute atomic E-state index is 12.0. The SMILES string of the molecule is CCC(C)(CCO)NC(=O)CN(C)c1ncccn1. The van der Waals surface area contributed by atoms with E-state index in [2.05, 4.69) is 15.3 Å². The molecule has 0 aliphatic rings. The number of nitrogens with one attached hydrogen (secondary N) is 1. The summed E-state index contributed by atoms with van der Waals surface area (Å²) in [6.45, 7) is 4.16. The highest BCUT2D eigenvalue weighted by atomic mass is 16.3. The highest BCUT2D eigenvalue weighted by Gasteiger charge is 2.24. The molecule has 1 rings (SSSR count). The third-order valence-electron chi connectivity index (χ3n) is 3.16. The van der Waals surface area contributed by atoms with Crippen LogP contribution in [-0.4, -0.2) is 46.7 Å². The molecule has 2 N–H and O–H groups in total. The first kappa shape index (κ1) is 15.4. The Morgan fingerprint density at radius 1 is 1.47 bits per heavy atom. The average molecular weight is 266 g/mol. The van der Waals surface area contributed by atoms with Crippen LogP contribution in [0.25, 0.3) is 0 Å². The van der Waals surface area contributed by atoms with Gasteiger partial charge in [0.1, 0.15) is 0 Å². The molecule has 0 aliphatic heterocycles. The van der Waals surface area contributed by atoms with Crippen molar-refractivity contribution in [3.63, 3.8) is 0 Å². The monoisotopic (exact) mass is 266 g/mol. The lowest BCUT2D eigenvalue weighted by atomic mass is 9.95. The van der Waals surface area contributed by atoms with E-state index in [4.69, 9.17) is 5.11 Å². The smallest absolute Gasteiger partial charge is 0.240 e. The van der Waals surface area contributed by atoms with Gasteiger partial charge in [0.2, 0.25) is 11.9 Å². The van der Waals surface area contributed by atoms with Crippen molar-refractivity contribution in [2.45, 2.75) is 32.2 Å². The molecule has 0 aromatic carbocycles. The first-order valence-electron chi connectivity index (χ1n) is 6.41. The Labute approximate surface area is 113 Å². The zero-order chi connectivity index (χ0) is 14.3. The minimum atomic E-state index is -0.371. The summed E-state index contributed by atoms with van der Waals surface area (Å²) in [6.07, 6.45) is 4.59. The van der Waals surface area contributed by atoms with Crippen molar-refractivity contribution in [1.29, 1.82) is 0 Å². The lowest BCUT2D eigenvalue weighted by Gasteiger charge is -2.30. The van der Waals surface area contributed by atoms with Gasteiger partial charge in [-0.05, 0) is 25.8 Å². The van der Waals surface area contributed by atoms with Gasteiger partial charge < -0.3 is 15.3 Å². The molecular formula is C13H22N4O2. The molecule has 0 radical (unpaired) electrons. The van der Waals surface area contributed by atoms with Gasteiger partial charge in [0, 0.05) is 31.6 Å². The minimum absolute atomic E-state index is 0.0578. The normalized spacial score (nSPS) is 13.7. The number of nitrogens with zero attached hydrogens (tertiary/aromatic N) is 3. The number of hydrogen-bond acceptors (Lipinski definition) is 5. The van der Waals surface area contributed by atoms with Crippen LogP contribution in [0.4, 0.5) is 5.95 Å². The van der Waals surface area contributed by atoms with Crippen LogP contribution in [0.2, 0.25) is 0 Å². The van der Waals surface area contributed by atoms with E-state index >= 15 is 0 Å². The van der Waals surface area contributed by atoms with Crippen LogP contribution < -0.4 is 10.2 Å². The quantitative estimate of drug-likeness (QED) is 0.755. The summed E-state index contributed by atoms with van der Waals surface area (Å²) in [5.41, 5.74) is -0.371. The van der Waals surface area contributed by atoms with Gasteiger partial charge in [-0.1, -0.05) is 6.92 Å². The van der Waals surface area contributed by atoms with E-state index < -0.39 is 0 Å². The van der Waals surface area contributed by atoms with Crippen molar-refractivity contribution in [2.75, 3.05) is 25.1 Å². The van der Waals surface area contributed by atoms with Crippen LogP contribution in [0.15, 0.2) is 18.5 Å². The zero-order valence-corrected chi connectivity index (χ0v) is 11.8. The summed E-state index contributed by atoms with van der Waals surface area (Å²) in [7, 11) is 1.77. The number of hydrogen-bond donors (Lipinski definition) is 2. The number of aliphatic hydroxyl groups excluding tert-OH is 1. The molecule has 0 saturated heterocycles.